The van der Waals surface area contributed by atoms with Gasteiger partial charge in [0, 0.05) is 0 Å². The summed E-state index contributed by atoms with van der Waals surface area (Å²) in [6.07, 6.45) is -6.54. The van der Waals surface area contributed by atoms with Gasteiger partial charge in [0.05, 0.1) is 5.69 Å². The Kier molecular flexibility index (Phi) is 3.54. The van der Waals surface area contributed by atoms with Crippen molar-refractivity contribution < 1.29 is 26.7 Å². The van der Waals surface area contributed by atoms with Crippen LogP contribution in [0.1, 0.15) is 6.42 Å². The molecule has 0 aromatic heterocycles. The van der Waals surface area contributed by atoms with Gasteiger partial charge in [-0.1, -0.05) is 0 Å². The largest absolute Gasteiger partial charge is 0.397 e. The Balaban J connectivity index is 2.89. The van der Waals surface area contributed by atoms with Gasteiger partial charge in [0.15, 0.2) is 11.6 Å². The van der Waals surface area contributed by atoms with Crippen LogP contribution in [0.25, 0.3) is 0 Å². The first-order valence-corrected chi connectivity index (χ1v) is 4.31. The summed E-state index contributed by atoms with van der Waals surface area (Å²) >= 11 is 0. The van der Waals surface area contributed by atoms with Crippen molar-refractivity contribution in [2.75, 3.05) is 11.1 Å². The molecule has 0 bridgehead atoms. The fourth-order valence-corrected chi connectivity index (χ4v) is 1.06. The van der Waals surface area contributed by atoms with Crippen molar-refractivity contribution in [2.45, 2.75) is 12.6 Å². The highest BCUT2D eigenvalue weighted by Crippen LogP contribution is 2.26. The number of nitrogens with one attached hydrogen (secondary N) is 1. The summed E-state index contributed by atoms with van der Waals surface area (Å²) in [5.74, 6) is -4.34. The van der Waals surface area contributed by atoms with Crippen molar-refractivity contribution in [1.82, 2.24) is 0 Å². The molecule has 0 aliphatic heterocycles. The van der Waals surface area contributed by atoms with E-state index < -0.39 is 35.8 Å². The van der Waals surface area contributed by atoms with E-state index in [4.69, 9.17) is 5.73 Å². The van der Waals surface area contributed by atoms with Crippen molar-refractivity contribution in [3.05, 3.63) is 23.8 Å². The van der Waals surface area contributed by atoms with Crippen LogP contribution in [0.15, 0.2) is 12.1 Å². The molecule has 0 fully saturated rings. The van der Waals surface area contributed by atoms with Gasteiger partial charge in [-0.25, -0.2) is 8.78 Å². The van der Waals surface area contributed by atoms with Crippen molar-refractivity contribution in [3.8, 4) is 0 Å². The summed E-state index contributed by atoms with van der Waals surface area (Å²) in [6, 6.07) is 1.63. The number of amides is 1. The normalized spacial score (nSPS) is 11.4. The maximum atomic E-state index is 13.1. The second kappa shape index (κ2) is 4.56. The van der Waals surface area contributed by atoms with Crippen LogP contribution in [0.4, 0.5) is 33.3 Å². The minimum absolute atomic E-state index is 0.362. The Morgan fingerprint density at radius 2 is 1.88 bits per heavy atom. The average Bonchev–Trinajstić information content (AvgIpc) is 2.16. The van der Waals surface area contributed by atoms with E-state index in [9.17, 15) is 26.7 Å². The monoisotopic (exact) mass is 254 g/mol. The van der Waals surface area contributed by atoms with Crippen LogP contribution in [0, 0.1) is 11.6 Å². The molecule has 1 rings (SSSR count). The zero-order chi connectivity index (χ0) is 13.2. The molecule has 3 nitrogen and oxygen atoms in total. The van der Waals surface area contributed by atoms with E-state index in [2.05, 4.69) is 0 Å². The summed E-state index contributed by atoms with van der Waals surface area (Å²) in [7, 11) is 0. The van der Waals surface area contributed by atoms with Crippen molar-refractivity contribution in [1.29, 1.82) is 0 Å². The smallest absolute Gasteiger partial charge is 0.397 e. The Bertz CT molecular complexity index is 444. The molecule has 1 amide bonds. The van der Waals surface area contributed by atoms with E-state index in [1.54, 1.807) is 5.32 Å². The van der Waals surface area contributed by atoms with Crippen LogP contribution >= 0.6 is 0 Å². The van der Waals surface area contributed by atoms with E-state index in [-0.39, 0.29) is 5.69 Å². The van der Waals surface area contributed by atoms with Crippen LogP contribution < -0.4 is 11.1 Å². The highest BCUT2D eigenvalue weighted by Gasteiger charge is 2.31. The highest BCUT2D eigenvalue weighted by atomic mass is 19.4. The first kappa shape index (κ1) is 13.2. The van der Waals surface area contributed by atoms with Gasteiger partial charge in [0.1, 0.15) is 12.1 Å². The van der Waals surface area contributed by atoms with Crippen LogP contribution in [-0.4, -0.2) is 12.1 Å². The molecule has 1 aromatic rings. The third kappa shape index (κ3) is 3.58. The summed E-state index contributed by atoms with van der Waals surface area (Å²) < 4.78 is 61.3. The van der Waals surface area contributed by atoms with E-state index >= 15 is 0 Å². The molecule has 0 spiro atoms. The van der Waals surface area contributed by atoms with Gasteiger partial charge in [0.25, 0.3) is 0 Å². The predicted molar refractivity (Wildman–Crippen MR) is 50.1 cm³/mol. The Labute approximate surface area is 92.4 Å². The minimum atomic E-state index is -4.73. The molecule has 17 heavy (non-hydrogen) atoms. The fourth-order valence-electron chi connectivity index (χ4n) is 1.06. The molecule has 0 heterocycles. The van der Waals surface area contributed by atoms with Crippen LogP contribution in [0.5, 0.6) is 0 Å². The molecule has 94 valence electrons. The zero-order valence-electron chi connectivity index (χ0n) is 8.24. The van der Waals surface area contributed by atoms with E-state index in [0.29, 0.717) is 6.07 Å². The van der Waals surface area contributed by atoms with Crippen molar-refractivity contribution in [2.24, 2.45) is 0 Å². The Morgan fingerprint density at radius 1 is 1.29 bits per heavy atom. The summed E-state index contributed by atoms with van der Waals surface area (Å²) in [5, 5.41) is 1.58. The molecule has 1 aromatic carbocycles. The molecule has 8 heteroatoms. The van der Waals surface area contributed by atoms with Crippen LogP contribution in [0.2, 0.25) is 0 Å². The zero-order valence-corrected chi connectivity index (χ0v) is 8.24. The van der Waals surface area contributed by atoms with Gasteiger partial charge < -0.3 is 11.1 Å². The first-order valence-electron chi connectivity index (χ1n) is 4.31. The van der Waals surface area contributed by atoms with Gasteiger partial charge in [-0.15, -0.1) is 0 Å². The average molecular weight is 254 g/mol. The van der Waals surface area contributed by atoms with Crippen molar-refractivity contribution >= 4 is 17.3 Å². The van der Waals surface area contributed by atoms with Crippen LogP contribution in [-0.2, 0) is 4.79 Å². The molecule has 0 radical (unpaired) electrons. The van der Waals surface area contributed by atoms with Gasteiger partial charge in [-0.3, -0.25) is 4.79 Å². The number of nitrogen functional groups attached to an aromatic ring is 1. The van der Waals surface area contributed by atoms with E-state index in [1.807, 2.05) is 0 Å². The summed E-state index contributed by atoms with van der Waals surface area (Å²) in [5.41, 5.74) is 4.05. The lowest BCUT2D eigenvalue weighted by molar-refractivity contribution is -0.150. The van der Waals surface area contributed by atoms with Crippen LogP contribution in [0.3, 0.4) is 0 Å². The number of halogens is 5. The van der Waals surface area contributed by atoms with Gasteiger partial charge >= 0.3 is 6.18 Å². The predicted octanol–water partition coefficient (Wildman–Crippen LogP) is 2.44. The van der Waals surface area contributed by atoms with E-state index in [1.165, 1.54) is 0 Å². The molecule has 0 saturated heterocycles. The number of nitrogens with two attached hydrogens (primary N) is 1. The maximum Gasteiger partial charge on any atom is 0.397 e. The number of hydrogen-bond donors (Lipinski definition) is 2. The van der Waals surface area contributed by atoms with Gasteiger partial charge in [-0.05, 0) is 12.1 Å². The number of alkyl halides is 3. The lowest BCUT2D eigenvalue weighted by atomic mass is 10.2. The third-order valence-electron chi connectivity index (χ3n) is 1.75. The minimum Gasteiger partial charge on any atom is -0.397 e. The molecule has 0 atom stereocenters. The summed E-state index contributed by atoms with van der Waals surface area (Å²) in [4.78, 5) is 10.9. The Morgan fingerprint density at radius 3 is 2.41 bits per heavy atom. The SMILES string of the molecule is Nc1ccc(F)c(F)c1NC(=O)CC(F)(F)F. The number of carbonyl (C=O) groups is 1. The first-order chi connectivity index (χ1) is 7.70. The molecular weight excluding hydrogens is 247 g/mol. The third-order valence-corrected chi connectivity index (χ3v) is 1.75. The Hall–Kier alpha value is -1.86. The molecule has 0 saturated carbocycles. The number of carbonyl (C=O) groups excluding carboxylic acids is 1. The quantitative estimate of drug-likeness (QED) is 0.629. The van der Waals surface area contributed by atoms with Gasteiger partial charge in [0.2, 0.25) is 5.91 Å². The summed E-state index contributed by atoms with van der Waals surface area (Å²) in [6.45, 7) is 0. The molecular formula is C9H7F5N2O. The molecule has 0 unspecified atom stereocenters. The number of rotatable bonds is 2. The van der Waals surface area contributed by atoms with E-state index in [0.717, 1.165) is 6.07 Å². The molecule has 3 N–H and O–H groups in total. The second-order valence-electron chi connectivity index (χ2n) is 3.17. The van der Waals surface area contributed by atoms with Gasteiger partial charge in [-0.2, -0.15) is 13.2 Å². The topological polar surface area (TPSA) is 55.1 Å². The van der Waals surface area contributed by atoms with Crippen molar-refractivity contribution in [3.63, 3.8) is 0 Å². The molecule has 0 aliphatic rings. The molecule has 0 aliphatic carbocycles. The number of benzene rings is 1. The fraction of sp³-hybridized carbons (Fsp3) is 0.222. The number of hydrogen-bond acceptors (Lipinski definition) is 2. The lowest BCUT2D eigenvalue weighted by Gasteiger charge is -2.10. The lowest BCUT2D eigenvalue weighted by Crippen LogP contribution is -2.22. The highest BCUT2D eigenvalue weighted by molar-refractivity contribution is 5.94. The standard InChI is InChI=1S/C9H7F5N2O/c10-4-1-2-5(15)8(7(4)11)16-6(17)3-9(12,13)14/h1-2H,3,15H2,(H,16,17). The number of anilines is 2. The maximum absolute atomic E-state index is 13.1. The second-order valence-corrected chi connectivity index (χ2v) is 3.17.